The van der Waals surface area contributed by atoms with E-state index in [9.17, 15) is 4.21 Å². The number of nitrogens with zero attached hydrogens (tertiary/aromatic N) is 2. The molecule has 94 valence electrons. The number of anilines is 1. The van der Waals surface area contributed by atoms with Gasteiger partial charge in [0, 0.05) is 31.9 Å². The highest BCUT2D eigenvalue weighted by atomic mass is 32.2. The van der Waals surface area contributed by atoms with Crippen LogP contribution >= 0.6 is 0 Å². The fourth-order valence-electron chi connectivity index (χ4n) is 2.16. The Morgan fingerprint density at radius 2 is 1.82 bits per heavy atom. The Balaban J connectivity index is 2.10. The second-order valence-electron chi connectivity index (χ2n) is 4.37. The first-order valence-electron chi connectivity index (χ1n) is 5.76. The molecular weight excluding hydrogens is 236 g/mol. The SMILES string of the molecule is Cc1cccc(N2CCN(S(=O)O)CC2)c1C. The second kappa shape index (κ2) is 5.16. The first-order chi connectivity index (χ1) is 8.09. The Labute approximate surface area is 105 Å². The fourth-order valence-corrected chi connectivity index (χ4v) is 2.64. The minimum atomic E-state index is -1.83. The average Bonchev–Trinajstić information content (AvgIpc) is 2.33. The monoisotopic (exact) mass is 254 g/mol. The van der Waals surface area contributed by atoms with Crippen molar-refractivity contribution >= 4 is 17.0 Å². The molecule has 1 unspecified atom stereocenters. The van der Waals surface area contributed by atoms with Crippen LogP contribution < -0.4 is 4.90 Å². The lowest BCUT2D eigenvalue weighted by atomic mass is 10.1. The highest BCUT2D eigenvalue weighted by Gasteiger charge is 2.21. The molecule has 0 spiro atoms. The summed E-state index contributed by atoms with van der Waals surface area (Å²) in [6.07, 6.45) is 0. The Bertz CT molecular complexity index is 429. The zero-order valence-corrected chi connectivity index (χ0v) is 11.0. The van der Waals surface area contributed by atoms with Gasteiger partial charge in [-0.1, -0.05) is 12.1 Å². The standard InChI is InChI=1S/C12H18N2O2S/c1-10-4-3-5-12(11(10)2)13-6-8-14(9-7-13)17(15)16/h3-5H,6-9H2,1-2H3,(H,15,16). The van der Waals surface area contributed by atoms with Crippen LogP contribution in [0.5, 0.6) is 0 Å². The van der Waals surface area contributed by atoms with E-state index in [-0.39, 0.29) is 0 Å². The topological polar surface area (TPSA) is 43.8 Å². The molecule has 0 saturated carbocycles. The van der Waals surface area contributed by atoms with Crippen molar-refractivity contribution in [2.75, 3.05) is 31.1 Å². The minimum absolute atomic E-state index is 0.635. The van der Waals surface area contributed by atoms with Crippen LogP contribution in [0.1, 0.15) is 11.1 Å². The minimum Gasteiger partial charge on any atom is -0.369 e. The number of hydrogen-bond donors (Lipinski definition) is 1. The molecule has 1 N–H and O–H groups in total. The van der Waals surface area contributed by atoms with Crippen LogP contribution in [0.4, 0.5) is 5.69 Å². The second-order valence-corrected chi connectivity index (χ2v) is 5.34. The predicted octanol–water partition coefficient (Wildman–Crippen LogP) is 1.56. The van der Waals surface area contributed by atoms with E-state index in [1.165, 1.54) is 16.8 Å². The third-order valence-corrected chi connectivity index (χ3v) is 4.18. The van der Waals surface area contributed by atoms with E-state index in [1.54, 1.807) is 4.31 Å². The molecule has 0 aromatic heterocycles. The van der Waals surface area contributed by atoms with Crippen LogP contribution in [0.25, 0.3) is 0 Å². The van der Waals surface area contributed by atoms with Crippen molar-refractivity contribution in [2.45, 2.75) is 13.8 Å². The molecule has 0 amide bonds. The Kier molecular flexibility index (Phi) is 3.81. The third-order valence-electron chi connectivity index (χ3n) is 3.38. The van der Waals surface area contributed by atoms with Gasteiger partial charge in [0.15, 0.2) is 0 Å². The molecule has 2 rings (SSSR count). The van der Waals surface area contributed by atoms with Crippen LogP contribution in [0.3, 0.4) is 0 Å². The normalized spacial score (nSPS) is 19.4. The van der Waals surface area contributed by atoms with E-state index in [2.05, 4.69) is 36.9 Å². The first-order valence-corrected chi connectivity index (χ1v) is 6.83. The molecule has 1 aliphatic heterocycles. The van der Waals surface area contributed by atoms with Crippen LogP contribution in [0.15, 0.2) is 18.2 Å². The zero-order chi connectivity index (χ0) is 12.4. The summed E-state index contributed by atoms with van der Waals surface area (Å²) in [5.41, 5.74) is 3.83. The fraction of sp³-hybridized carbons (Fsp3) is 0.500. The van der Waals surface area contributed by atoms with Gasteiger partial charge in [-0.2, -0.15) is 4.31 Å². The van der Waals surface area contributed by atoms with Crippen LogP contribution in [-0.2, 0) is 11.3 Å². The number of piperazine rings is 1. The average molecular weight is 254 g/mol. The van der Waals surface area contributed by atoms with E-state index in [1.807, 2.05) is 0 Å². The Morgan fingerprint density at radius 3 is 2.41 bits per heavy atom. The lowest BCUT2D eigenvalue weighted by Gasteiger charge is -2.35. The number of hydrogen-bond acceptors (Lipinski definition) is 2. The van der Waals surface area contributed by atoms with Gasteiger partial charge in [-0.3, -0.25) is 4.55 Å². The molecule has 5 heteroatoms. The van der Waals surface area contributed by atoms with E-state index in [0.717, 1.165) is 13.1 Å². The van der Waals surface area contributed by atoms with E-state index in [0.29, 0.717) is 13.1 Å². The van der Waals surface area contributed by atoms with Gasteiger partial charge in [-0.25, -0.2) is 4.21 Å². The van der Waals surface area contributed by atoms with Gasteiger partial charge in [0.05, 0.1) is 0 Å². The van der Waals surface area contributed by atoms with Gasteiger partial charge in [0.2, 0.25) is 11.3 Å². The number of benzene rings is 1. The van der Waals surface area contributed by atoms with Gasteiger partial charge >= 0.3 is 0 Å². The molecule has 1 aromatic carbocycles. The summed E-state index contributed by atoms with van der Waals surface area (Å²) in [4.78, 5) is 2.28. The van der Waals surface area contributed by atoms with E-state index >= 15 is 0 Å². The van der Waals surface area contributed by atoms with E-state index in [4.69, 9.17) is 4.55 Å². The van der Waals surface area contributed by atoms with Crippen molar-refractivity contribution < 1.29 is 8.76 Å². The maximum atomic E-state index is 10.9. The van der Waals surface area contributed by atoms with Gasteiger partial charge in [0.25, 0.3) is 0 Å². The highest BCUT2D eigenvalue weighted by Crippen LogP contribution is 2.23. The Morgan fingerprint density at radius 1 is 1.18 bits per heavy atom. The maximum absolute atomic E-state index is 10.9. The van der Waals surface area contributed by atoms with Crippen LogP contribution in [0, 0.1) is 13.8 Å². The quantitative estimate of drug-likeness (QED) is 0.815. The lowest BCUT2D eigenvalue weighted by molar-refractivity contribution is 0.373. The molecule has 0 aliphatic carbocycles. The molecule has 1 heterocycles. The van der Waals surface area contributed by atoms with Crippen LogP contribution in [-0.4, -0.2) is 39.2 Å². The van der Waals surface area contributed by atoms with Crippen molar-refractivity contribution in [1.29, 1.82) is 0 Å². The van der Waals surface area contributed by atoms with Crippen LogP contribution in [0.2, 0.25) is 0 Å². The summed E-state index contributed by atoms with van der Waals surface area (Å²) in [7, 11) is 0. The van der Waals surface area contributed by atoms with Crippen molar-refractivity contribution in [3.05, 3.63) is 29.3 Å². The number of aryl methyl sites for hydroxylation is 1. The van der Waals surface area contributed by atoms with Crippen molar-refractivity contribution in [1.82, 2.24) is 4.31 Å². The third kappa shape index (κ3) is 2.68. The van der Waals surface area contributed by atoms with E-state index < -0.39 is 11.3 Å². The first kappa shape index (κ1) is 12.5. The smallest absolute Gasteiger partial charge is 0.234 e. The van der Waals surface area contributed by atoms with Crippen molar-refractivity contribution in [3.63, 3.8) is 0 Å². The lowest BCUT2D eigenvalue weighted by Crippen LogP contribution is -2.47. The maximum Gasteiger partial charge on any atom is 0.234 e. The van der Waals surface area contributed by atoms with Gasteiger partial charge < -0.3 is 4.90 Å². The summed E-state index contributed by atoms with van der Waals surface area (Å²) in [6, 6.07) is 6.29. The molecule has 1 aliphatic rings. The van der Waals surface area contributed by atoms with Crippen molar-refractivity contribution in [2.24, 2.45) is 0 Å². The van der Waals surface area contributed by atoms with Gasteiger partial charge in [0.1, 0.15) is 0 Å². The molecule has 4 nitrogen and oxygen atoms in total. The largest absolute Gasteiger partial charge is 0.369 e. The summed E-state index contributed by atoms with van der Waals surface area (Å²) in [5.74, 6) is 0. The molecule has 0 radical (unpaired) electrons. The summed E-state index contributed by atoms with van der Waals surface area (Å²) in [6.45, 7) is 7.11. The van der Waals surface area contributed by atoms with Crippen molar-refractivity contribution in [3.8, 4) is 0 Å². The Hall–Kier alpha value is -0.910. The molecule has 0 bridgehead atoms. The number of rotatable bonds is 2. The molecular formula is C12H18N2O2S. The summed E-state index contributed by atoms with van der Waals surface area (Å²) in [5, 5.41) is 0. The molecule has 1 fully saturated rings. The molecule has 17 heavy (non-hydrogen) atoms. The summed E-state index contributed by atoms with van der Waals surface area (Å²) >= 11 is -1.83. The molecule has 1 saturated heterocycles. The molecule has 1 aromatic rings. The molecule has 1 atom stereocenters. The highest BCUT2D eigenvalue weighted by molar-refractivity contribution is 7.76. The van der Waals surface area contributed by atoms with Gasteiger partial charge in [-0.15, -0.1) is 0 Å². The van der Waals surface area contributed by atoms with Gasteiger partial charge in [-0.05, 0) is 31.0 Å². The zero-order valence-electron chi connectivity index (χ0n) is 10.2. The predicted molar refractivity (Wildman–Crippen MR) is 70.5 cm³/mol. The summed E-state index contributed by atoms with van der Waals surface area (Å²) < 4.78 is 21.5.